The molecular formula is C21H19N7O2. The molecule has 1 saturated carbocycles. The maximum Gasteiger partial charge on any atom is 0.261 e. The van der Waals surface area contributed by atoms with Gasteiger partial charge < -0.3 is 14.8 Å². The molecule has 3 aromatic heterocycles. The van der Waals surface area contributed by atoms with E-state index in [1.54, 1.807) is 6.20 Å². The zero-order valence-corrected chi connectivity index (χ0v) is 16.1. The van der Waals surface area contributed by atoms with E-state index in [1.165, 1.54) is 6.39 Å². The van der Waals surface area contributed by atoms with Crippen LogP contribution in [-0.4, -0.2) is 24.9 Å². The second-order valence-corrected chi connectivity index (χ2v) is 7.40. The molecule has 0 amide bonds. The molecule has 1 aliphatic carbocycles. The quantitative estimate of drug-likeness (QED) is 0.533. The summed E-state index contributed by atoms with van der Waals surface area (Å²) < 4.78 is 6.64. The van der Waals surface area contributed by atoms with E-state index < -0.39 is 0 Å². The van der Waals surface area contributed by atoms with Gasteiger partial charge in [0, 0.05) is 17.4 Å². The zero-order valence-electron chi connectivity index (χ0n) is 16.1. The molecule has 30 heavy (non-hydrogen) atoms. The highest BCUT2D eigenvalue weighted by atomic mass is 16.5. The van der Waals surface area contributed by atoms with Crippen LogP contribution in [0, 0.1) is 17.2 Å². The molecular weight excluding hydrogens is 382 g/mol. The minimum absolute atomic E-state index is 0.0378. The first-order valence-electron chi connectivity index (χ1n) is 9.88. The SMILES string of the molecule is N#CC1CCCC[C@@H]1n1nc(Nc2ccc(-c3ncon3)cc2)c2c(=O)[nH]ccc21. The lowest BCUT2D eigenvalue weighted by Gasteiger charge is -2.27. The summed E-state index contributed by atoms with van der Waals surface area (Å²) in [6.45, 7) is 0. The Kier molecular flexibility index (Phi) is 4.52. The molecule has 9 nitrogen and oxygen atoms in total. The summed E-state index contributed by atoms with van der Waals surface area (Å²) >= 11 is 0. The molecule has 0 spiro atoms. The summed E-state index contributed by atoms with van der Waals surface area (Å²) in [5.41, 5.74) is 2.12. The number of nitriles is 1. The minimum Gasteiger partial charge on any atom is -0.342 e. The maximum atomic E-state index is 12.6. The van der Waals surface area contributed by atoms with Crippen LogP contribution in [-0.2, 0) is 0 Å². The van der Waals surface area contributed by atoms with Gasteiger partial charge in [-0.15, -0.1) is 0 Å². The van der Waals surface area contributed by atoms with Gasteiger partial charge in [0.25, 0.3) is 5.56 Å². The number of anilines is 2. The number of aromatic amines is 1. The second-order valence-electron chi connectivity index (χ2n) is 7.40. The van der Waals surface area contributed by atoms with Crippen molar-refractivity contribution >= 4 is 22.4 Å². The fourth-order valence-electron chi connectivity index (χ4n) is 4.13. The van der Waals surface area contributed by atoms with E-state index in [4.69, 9.17) is 9.62 Å². The number of nitrogens with one attached hydrogen (secondary N) is 2. The number of aromatic nitrogens is 5. The van der Waals surface area contributed by atoms with Crippen LogP contribution in [0.3, 0.4) is 0 Å². The van der Waals surface area contributed by atoms with Crippen LogP contribution in [0.1, 0.15) is 31.7 Å². The molecule has 3 heterocycles. The highest BCUT2D eigenvalue weighted by molar-refractivity contribution is 5.91. The predicted octanol–water partition coefficient (Wildman–Crippen LogP) is 3.77. The van der Waals surface area contributed by atoms with Crippen LogP contribution >= 0.6 is 0 Å². The average molecular weight is 401 g/mol. The van der Waals surface area contributed by atoms with Crippen LogP contribution in [0.2, 0.25) is 0 Å². The first kappa shape index (κ1) is 18.1. The highest BCUT2D eigenvalue weighted by Gasteiger charge is 2.29. The van der Waals surface area contributed by atoms with E-state index in [0.29, 0.717) is 17.0 Å². The molecule has 2 N–H and O–H groups in total. The van der Waals surface area contributed by atoms with Crippen molar-refractivity contribution in [3.8, 4) is 17.5 Å². The summed E-state index contributed by atoms with van der Waals surface area (Å²) in [7, 11) is 0. The van der Waals surface area contributed by atoms with Gasteiger partial charge in [0.05, 0.1) is 23.5 Å². The summed E-state index contributed by atoms with van der Waals surface area (Å²) in [6.07, 6.45) is 6.73. The number of hydrogen-bond donors (Lipinski definition) is 2. The predicted molar refractivity (Wildman–Crippen MR) is 110 cm³/mol. The topological polar surface area (TPSA) is 125 Å². The van der Waals surface area contributed by atoms with Gasteiger partial charge in [0.15, 0.2) is 5.82 Å². The molecule has 2 atom stereocenters. The fraction of sp³-hybridized carbons (Fsp3) is 0.286. The molecule has 1 unspecified atom stereocenters. The molecule has 1 fully saturated rings. The number of benzene rings is 1. The Morgan fingerprint density at radius 2 is 2.03 bits per heavy atom. The Hall–Kier alpha value is -3.93. The van der Waals surface area contributed by atoms with Gasteiger partial charge in [-0.2, -0.15) is 15.3 Å². The Morgan fingerprint density at radius 1 is 1.20 bits per heavy atom. The van der Waals surface area contributed by atoms with Crippen molar-refractivity contribution in [2.75, 3.05) is 5.32 Å². The third kappa shape index (κ3) is 3.12. The second kappa shape index (κ2) is 7.48. The Bertz CT molecular complexity index is 1270. The number of H-pyrrole nitrogens is 1. The average Bonchev–Trinajstić information content (AvgIpc) is 3.44. The van der Waals surface area contributed by atoms with Crippen molar-refractivity contribution in [1.82, 2.24) is 24.9 Å². The summed E-state index contributed by atoms with van der Waals surface area (Å²) in [4.78, 5) is 19.4. The first-order chi connectivity index (χ1) is 14.7. The number of nitrogens with zero attached hydrogens (tertiary/aromatic N) is 5. The molecule has 150 valence electrons. The third-order valence-electron chi connectivity index (χ3n) is 5.61. The van der Waals surface area contributed by atoms with Gasteiger partial charge in [-0.25, -0.2) is 0 Å². The van der Waals surface area contributed by atoms with E-state index in [0.717, 1.165) is 42.5 Å². The van der Waals surface area contributed by atoms with E-state index in [-0.39, 0.29) is 17.5 Å². The van der Waals surface area contributed by atoms with Gasteiger partial charge >= 0.3 is 0 Å². The van der Waals surface area contributed by atoms with Crippen molar-refractivity contribution in [3.05, 3.63) is 53.3 Å². The largest absolute Gasteiger partial charge is 0.342 e. The highest BCUT2D eigenvalue weighted by Crippen LogP contribution is 2.36. The zero-order chi connectivity index (χ0) is 20.5. The van der Waals surface area contributed by atoms with E-state index in [9.17, 15) is 10.1 Å². The molecule has 1 aliphatic rings. The van der Waals surface area contributed by atoms with Crippen LogP contribution in [0.15, 0.2) is 52.2 Å². The monoisotopic (exact) mass is 401 g/mol. The van der Waals surface area contributed by atoms with Crippen molar-refractivity contribution in [2.24, 2.45) is 5.92 Å². The molecule has 0 bridgehead atoms. The van der Waals surface area contributed by atoms with Crippen LogP contribution in [0.25, 0.3) is 22.3 Å². The van der Waals surface area contributed by atoms with Gasteiger partial charge in [-0.1, -0.05) is 18.0 Å². The van der Waals surface area contributed by atoms with E-state index in [2.05, 4.69) is 26.5 Å². The van der Waals surface area contributed by atoms with Gasteiger partial charge in [0.1, 0.15) is 5.39 Å². The lowest BCUT2D eigenvalue weighted by atomic mass is 9.85. The molecule has 1 aromatic carbocycles. The lowest BCUT2D eigenvalue weighted by Crippen LogP contribution is -2.23. The van der Waals surface area contributed by atoms with Crippen LogP contribution < -0.4 is 10.9 Å². The lowest BCUT2D eigenvalue weighted by molar-refractivity contribution is 0.277. The molecule has 9 heteroatoms. The van der Waals surface area contributed by atoms with Crippen molar-refractivity contribution in [3.63, 3.8) is 0 Å². The van der Waals surface area contributed by atoms with Crippen molar-refractivity contribution in [2.45, 2.75) is 31.7 Å². The van der Waals surface area contributed by atoms with Gasteiger partial charge in [0.2, 0.25) is 12.2 Å². The first-order valence-corrected chi connectivity index (χ1v) is 9.88. The molecule has 0 radical (unpaired) electrons. The Balaban J connectivity index is 1.53. The summed E-state index contributed by atoms with van der Waals surface area (Å²) in [5, 5.41) is 21.9. The number of hydrogen-bond acceptors (Lipinski definition) is 7. The third-order valence-corrected chi connectivity index (χ3v) is 5.61. The molecule has 5 rings (SSSR count). The number of rotatable bonds is 4. The van der Waals surface area contributed by atoms with E-state index >= 15 is 0 Å². The Morgan fingerprint density at radius 3 is 2.80 bits per heavy atom. The minimum atomic E-state index is -0.214. The Labute approximate surface area is 171 Å². The molecule has 0 aliphatic heterocycles. The standard InChI is InChI=1S/C21H19N7O2/c22-11-14-3-1-2-4-16(14)28-17-9-10-23-21(29)18(17)20(26-28)25-15-7-5-13(6-8-15)19-24-12-30-27-19/h5-10,12,14,16H,1-4H2,(H,23,29)(H,25,26)/t14?,16-/m0/s1. The molecule has 0 saturated heterocycles. The van der Waals surface area contributed by atoms with Gasteiger partial charge in [-0.05, 0) is 43.2 Å². The van der Waals surface area contributed by atoms with Crippen molar-refractivity contribution in [1.29, 1.82) is 5.26 Å². The smallest absolute Gasteiger partial charge is 0.261 e. The normalized spacial score (nSPS) is 18.9. The van der Waals surface area contributed by atoms with Crippen molar-refractivity contribution < 1.29 is 4.52 Å². The fourth-order valence-corrected chi connectivity index (χ4v) is 4.13. The maximum absolute atomic E-state index is 12.6. The number of fused-ring (bicyclic) bond motifs is 1. The van der Waals surface area contributed by atoms with E-state index in [1.807, 2.05) is 35.0 Å². The molecule has 4 aromatic rings. The van der Waals surface area contributed by atoms with Crippen LogP contribution in [0.4, 0.5) is 11.5 Å². The number of pyridine rings is 1. The van der Waals surface area contributed by atoms with Crippen LogP contribution in [0.5, 0.6) is 0 Å². The summed E-state index contributed by atoms with van der Waals surface area (Å²) in [6, 6.07) is 11.7. The summed E-state index contributed by atoms with van der Waals surface area (Å²) in [5.74, 6) is 0.872. The van der Waals surface area contributed by atoms with Gasteiger partial charge in [-0.3, -0.25) is 9.48 Å².